The summed E-state index contributed by atoms with van der Waals surface area (Å²) in [6.07, 6.45) is -4.65. The molecule has 0 bridgehead atoms. The molecule has 0 aliphatic heterocycles. The van der Waals surface area contributed by atoms with Gasteiger partial charge >= 0.3 is 12.1 Å². The van der Waals surface area contributed by atoms with Crippen LogP contribution in [0.2, 0.25) is 0 Å². The van der Waals surface area contributed by atoms with Gasteiger partial charge in [-0.1, -0.05) is 24.3 Å². The van der Waals surface area contributed by atoms with Gasteiger partial charge < -0.3 is 14.0 Å². The summed E-state index contributed by atoms with van der Waals surface area (Å²) in [5.41, 5.74) is 1.29. The van der Waals surface area contributed by atoms with Gasteiger partial charge in [-0.25, -0.2) is 9.18 Å². The van der Waals surface area contributed by atoms with Gasteiger partial charge in [-0.05, 0) is 74.0 Å². The molecule has 4 aromatic rings. The molecule has 186 valence electrons. The number of alkyl halides is 3. The zero-order valence-corrected chi connectivity index (χ0v) is 19.6. The second-order valence-corrected chi connectivity index (χ2v) is 8.06. The minimum absolute atomic E-state index is 0.0232. The van der Waals surface area contributed by atoms with Crippen molar-refractivity contribution in [2.45, 2.75) is 26.6 Å². The Balaban J connectivity index is 1.83. The van der Waals surface area contributed by atoms with E-state index in [0.717, 1.165) is 6.07 Å². The zero-order chi connectivity index (χ0) is 25.9. The summed E-state index contributed by atoms with van der Waals surface area (Å²) in [6.45, 7) is 3.60. The molecule has 1 aromatic heterocycles. The first-order valence-corrected chi connectivity index (χ1v) is 11.2. The van der Waals surface area contributed by atoms with E-state index in [1.165, 1.54) is 36.4 Å². The van der Waals surface area contributed by atoms with Crippen LogP contribution in [0.5, 0.6) is 5.75 Å². The van der Waals surface area contributed by atoms with Gasteiger partial charge in [-0.2, -0.15) is 13.2 Å². The number of rotatable bonds is 7. The monoisotopic (exact) mass is 497 g/mol. The molecule has 0 radical (unpaired) electrons. The number of benzene rings is 3. The van der Waals surface area contributed by atoms with Gasteiger partial charge in [0.15, 0.2) is 0 Å². The van der Waals surface area contributed by atoms with Crippen molar-refractivity contribution >= 4 is 5.97 Å². The SMILES string of the molecule is CCOC(=O)c1cccc(-n2c(C)ccc2-c2c(OCc3ccc(F)cc3)cccc2C(F)(F)F)c1. The number of carbonyl (C=O) groups is 1. The van der Waals surface area contributed by atoms with Crippen molar-refractivity contribution in [2.75, 3.05) is 6.61 Å². The summed E-state index contributed by atoms with van der Waals surface area (Å²) in [5, 5.41) is 0. The number of hydrogen-bond acceptors (Lipinski definition) is 3. The van der Waals surface area contributed by atoms with Crippen LogP contribution in [0, 0.1) is 12.7 Å². The molecule has 0 aliphatic rings. The number of ether oxygens (including phenoxy) is 2. The second kappa shape index (κ2) is 10.3. The average molecular weight is 497 g/mol. The number of aromatic nitrogens is 1. The van der Waals surface area contributed by atoms with Crippen LogP contribution in [-0.2, 0) is 17.5 Å². The van der Waals surface area contributed by atoms with Crippen LogP contribution in [0.15, 0.2) is 78.9 Å². The van der Waals surface area contributed by atoms with E-state index >= 15 is 0 Å². The molecule has 0 N–H and O–H groups in total. The van der Waals surface area contributed by atoms with E-state index in [1.807, 2.05) is 0 Å². The third kappa shape index (κ3) is 5.27. The highest BCUT2D eigenvalue weighted by Gasteiger charge is 2.36. The molecular formula is C28H23F4NO3. The first kappa shape index (κ1) is 25.0. The minimum atomic E-state index is -4.65. The van der Waals surface area contributed by atoms with Gasteiger partial charge in [-0.3, -0.25) is 0 Å². The molecule has 0 unspecified atom stereocenters. The fourth-order valence-corrected chi connectivity index (χ4v) is 3.96. The molecule has 0 saturated carbocycles. The Morgan fingerprint density at radius 3 is 2.36 bits per heavy atom. The zero-order valence-electron chi connectivity index (χ0n) is 19.6. The fraction of sp³-hybridized carbons (Fsp3) is 0.179. The number of esters is 1. The predicted molar refractivity (Wildman–Crippen MR) is 128 cm³/mol. The van der Waals surface area contributed by atoms with Gasteiger partial charge in [0, 0.05) is 11.4 Å². The summed E-state index contributed by atoms with van der Waals surface area (Å²) in [5.74, 6) is -0.920. The molecule has 0 fully saturated rings. The van der Waals surface area contributed by atoms with Crippen molar-refractivity contribution in [3.63, 3.8) is 0 Å². The van der Waals surface area contributed by atoms with Gasteiger partial charge in [0.25, 0.3) is 0 Å². The summed E-state index contributed by atoms with van der Waals surface area (Å²) in [6, 6.07) is 19.1. The van der Waals surface area contributed by atoms with Crippen LogP contribution in [-0.4, -0.2) is 17.1 Å². The van der Waals surface area contributed by atoms with Crippen molar-refractivity contribution < 1.29 is 31.8 Å². The topological polar surface area (TPSA) is 40.5 Å². The molecule has 4 nitrogen and oxygen atoms in total. The van der Waals surface area contributed by atoms with Crippen LogP contribution >= 0.6 is 0 Å². The average Bonchev–Trinajstić information content (AvgIpc) is 3.24. The van der Waals surface area contributed by atoms with E-state index in [2.05, 4.69) is 0 Å². The van der Waals surface area contributed by atoms with E-state index in [-0.39, 0.29) is 35.8 Å². The summed E-state index contributed by atoms with van der Waals surface area (Å²) < 4.78 is 68.2. The maximum Gasteiger partial charge on any atom is 0.417 e. The van der Waals surface area contributed by atoms with Crippen molar-refractivity contribution in [1.29, 1.82) is 0 Å². The molecule has 3 aromatic carbocycles. The lowest BCUT2D eigenvalue weighted by molar-refractivity contribution is -0.137. The second-order valence-electron chi connectivity index (χ2n) is 8.06. The minimum Gasteiger partial charge on any atom is -0.488 e. The van der Waals surface area contributed by atoms with E-state index in [1.54, 1.807) is 54.8 Å². The number of hydrogen-bond donors (Lipinski definition) is 0. The third-order valence-corrected chi connectivity index (χ3v) is 5.59. The number of carbonyl (C=O) groups excluding carboxylic acids is 1. The highest BCUT2D eigenvalue weighted by molar-refractivity contribution is 5.90. The summed E-state index contributed by atoms with van der Waals surface area (Å²) in [4.78, 5) is 12.3. The van der Waals surface area contributed by atoms with Crippen molar-refractivity contribution in [2.24, 2.45) is 0 Å². The molecular weight excluding hydrogens is 474 g/mol. The van der Waals surface area contributed by atoms with Gasteiger partial charge in [-0.15, -0.1) is 0 Å². The lowest BCUT2D eigenvalue weighted by Gasteiger charge is -2.20. The largest absolute Gasteiger partial charge is 0.488 e. The maximum absolute atomic E-state index is 14.1. The molecule has 0 spiro atoms. The number of aryl methyl sites for hydroxylation is 1. The van der Waals surface area contributed by atoms with E-state index < -0.39 is 23.5 Å². The third-order valence-electron chi connectivity index (χ3n) is 5.59. The number of halogens is 4. The van der Waals surface area contributed by atoms with E-state index in [9.17, 15) is 22.4 Å². The Morgan fingerprint density at radius 1 is 0.944 bits per heavy atom. The summed E-state index contributed by atoms with van der Waals surface area (Å²) in [7, 11) is 0. The quantitative estimate of drug-likeness (QED) is 0.198. The molecule has 0 aliphatic carbocycles. The molecule has 1 heterocycles. The first-order chi connectivity index (χ1) is 17.2. The standard InChI is InChI=1S/C28H23F4NO3/c1-3-35-27(34)20-6-4-7-22(16-20)33-18(2)10-15-24(33)26-23(28(30,31)32)8-5-9-25(26)36-17-19-11-13-21(29)14-12-19/h4-16H,3,17H2,1-2H3. The van der Waals surface area contributed by atoms with Crippen molar-refractivity contribution in [3.8, 4) is 22.7 Å². The van der Waals surface area contributed by atoms with Crippen molar-refractivity contribution in [3.05, 3.63) is 107 Å². The highest BCUT2D eigenvalue weighted by Crippen LogP contribution is 2.43. The van der Waals surface area contributed by atoms with E-state index in [0.29, 0.717) is 16.9 Å². The van der Waals surface area contributed by atoms with Crippen LogP contribution < -0.4 is 4.74 Å². The maximum atomic E-state index is 14.1. The normalized spacial score (nSPS) is 11.4. The lowest BCUT2D eigenvalue weighted by atomic mass is 10.0. The summed E-state index contributed by atoms with van der Waals surface area (Å²) >= 11 is 0. The Bertz CT molecular complexity index is 1370. The molecule has 0 amide bonds. The molecule has 0 atom stereocenters. The molecule has 8 heteroatoms. The van der Waals surface area contributed by atoms with Crippen LogP contribution in [0.4, 0.5) is 17.6 Å². The first-order valence-electron chi connectivity index (χ1n) is 11.2. The van der Waals surface area contributed by atoms with Gasteiger partial charge in [0.1, 0.15) is 18.2 Å². The Hall–Kier alpha value is -4.07. The van der Waals surface area contributed by atoms with Crippen molar-refractivity contribution in [1.82, 2.24) is 4.57 Å². The highest BCUT2D eigenvalue weighted by atomic mass is 19.4. The lowest BCUT2D eigenvalue weighted by Crippen LogP contribution is -2.11. The number of nitrogens with zero attached hydrogens (tertiary/aromatic N) is 1. The van der Waals surface area contributed by atoms with Crippen LogP contribution in [0.3, 0.4) is 0 Å². The smallest absolute Gasteiger partial charge is 0.417 e. The molecule has 0 saturated heterocycles. The Labute approximate surface area is 205 Å². The fourth-order valence-electron chi connectivity index (χ4n) is 3.96. The molecule has 4 rings (SSSR count). The van der Waals surface area contributed by atoms with Crippen LogP contribution in [0.25, 0.3) is 16.9 Å². The van der Waals surface area contributed by atoms with Gasteiger partial charge in [0.2, 0.25) is 0 Å². The van der Waals surface area contributed by atoms with E-state index in [4.69, 9.17) is 9.47 Å². The predicted octanol–water partition coefficient (Wildman–Crippen LogP) is 7.37. The molecule has 36 heavy (non-hydrogen) atoms. The van der Waals surface area contributed by atoms with Crippen LogP contribution in [0.1, 0.15) is 34.1 Å². The Kier molecular flexibility index (Phi) is 7.15. The Morgan fingerprint density at radius 2 is 1.67 bits per heavy atom. The van der Waals surface area contributed by atoms with Gasteiger partial charge in [0.05, 0.1) is 29.0 Å².